The predicted molar refractivity (Wildman–Crippen MR) is 94.3 cm³/mol. The zero-order chi connectivity index (χ0) is 14.9. The molecule has 0 amide bonds. The summed E-state index contributed by atoms with van der Waals surface area (Å²) in [5.74, 6) is 0. The number of fused-ring (bicyclic) bond motifs is 3. The summed E-state index contributed by atoms with van der Waals surface area (Å²) in [4.78, 5) is 2.28. The van der Waals surface area contributed by atoms with Crippen molar-refractivity contribution in [2.45, 2.75) is 6.67 Å². The van der Waals surface area contributed by atoms with Gasteiger partial charge >= 0.3 is 0 Å². The predicted octanol–water partition coefficient (Wildman–Crippen LogP) is 4.89. The molecule has 0 aliphatic rings. The molecule has 0 radical (unpaired) electrons. The number of hydrogen-bond acceptors (Lipinski definition) is 1. The molecule has 3 aromatic carbocycles. The van der Waals surface area contributed by atoms with Crippen LogP contribution < -0.4 is 4.90 Å². The lowest BCUT2D eigenvalue weighted by Gasteiger charge is -2.21. The molecule has 2 nitrogen and oxygen atoms in total. The molecule has 0 atom stereocenters. The minimum absolute atomic E-state index is 0.831. The normalized spacial score (nSPS) is 11.1. The van der Waals surface area contributed by atoms with E-state index in [1.54, 1.807) is 0 Å². The summed E-state index contributed by atoms with van der Waals surface area (Å²) in [6.07, 6.45) is 0. The van der Waals surface area contributed by atoms with Gasteiger partial charge in [0.05, 0.1) is 17.7 Å². The van der Waals surface area contributed by atoms with E-state index in [1.807, 2.05) is 0 Å². The Kier molecular flexibility index (Phi) is 3.08. The molecule has 0 fully saturated rings. The highest BCUT2D eigenvalue weighted by atomic mass is 15.2. The molecule has 108 valence electrons. The number of anilines is 1. The standard InChI is InChI=1S/C20H18N2/c1-21(16-9-3-2-4-10-16)15-22-19-13-7-5-11-17(19)18-12-6-8-14-20(18)22/h2-14H,15H2,1H3. The van der Waals surface area contributed by atoms with Crippen LogP contribution in [0, 0.1) is 0 Å². The van der Waals surface area contributed by atoms with Crippen LogP contribution in [0.25, 0.3) is 21.8 Å². The molecule has 0 unspecified atom stereocenters. The molecule has 4 aromatic rings. The number of rotatable bonds is 3. The fourth-order valence-electron chi connectivity index (χ4n) is 3.13. The summed E-state index contributed by atoms with van der Waals surface area (Å²) in [6, 6.07) is 27.8. The quantitative estimate of drug-likeness (QED) is 0.520. The van der Waals surface area contributed by atoms with Crippen LogP contribution >= 0.6 is 0 Å². The second-order valence-corrected chi connectivity index (χ2v) is 5.64. The second-order valence-electron chi connectivity index (χ2n) is 5.64. The van der Waals surface area contributed by atoms with Crippen molar-refractivity contribution in [2.24, 2.45) is 0 Å². The fourth-order valence-corrected chi connectivity index (χ4v) is 3.13. The molecule has 0 aliphatic carbocycles. The average Bonchev–Trinajstić information content (AvgIpc) is 2.90. The number of para-hydroxylation sites is 3. The van der Waals surface area contributed by atoms with Gasteiger partial charge in [0.25, 0.3) is 0 Å². The van der Waals surface area contributed by atoms with Crippen molar-refractivity contribution in [3.63, 3.8) is 0 Å². The molecule has 0 N–H and O–H groups in total. The van der Waals surface area contributed by atoms with Crippen LogP contribution in [0.15, 0.2) is 78.9 Å². The Hall–Kier alpha value is -2.74. The lowest BCUT2D eigenvalue weighted by molar-refractivity contribution is 0.729. The molecule has 2 heteroatoms. The lowest BCUT2D eigenvalue weighted by Crippen LogP contribution is -2.20. The van der Waals surface area contributed by atoms with Gasteiger partial charge in [-0.1, -0.05) is 54.6 Å². The van der Waals surface area contributed by atoms with Crippen molar-refractivity contribution in [2.75, 3.05) is 11.9 Å². The van der Waals surface area contributed by atoms with Crippen LogP contribution in [0.3, 0.4) is 0 Å². The molecule has 0 bridgehead atoms. The highest BCUT2D eigenvalue weighted by molar-refractivity contribution is 6.07. The van der Waals surface area contributed by atoms with Crippen molar-refractivity contribution in [3.05, 3.63) is 78.9 Å². The van der Waals surface area contributed by atoms with Crippen molar-refractivity contribution in [3.8, 4) is 0 Å². The van der Waals surface area contributed by atoms with E-state index in [4.69, 9.17) is 0 Å². The molecule has 0 saturated heterocycles. The maximum absolute atomic E-state index is 2.39. The topological polar surface area (TPSA) is 8.17 Å². The first-order valence-corrected chi connectivity index (χ1v) is 7.57. The number of aromatic nitrogens is 1. The SMILES string of the molecule is CN(Cn1c2ccccc2c2ccccc21)c1ccccc1. The Labute approximate surface area is 130 Å². The van der Waals surface area contributed by atoms with Gasteiger partial charge in [-0.05, 0) is 24.3 Å². The summed E-state index contributed by atoms with van der Waals surface area (Å²) in [5, 5.41) is 2.64. The van der Waals surface area contributed by atoms with Gasteiger partial charge < -0.3 is 9.47 Å². The molecule has 4 rings (SSSR count). The van der Waals surface area contributed by atoms with E-state index in [2.05, 4.69) is 95.4 Å². The van der Waals surface area contributed by atoms with Crippen LogP contribution in [-0.2, 0) is 6.67 Å². The van der Waals surface area contributed by atoms with Gasteiger partial charge in [-0.25, -0.2) is 0 Å². The number of benzene rings is 3. The van der Waals surface area contributed by atoms with Crippen molar-refractivity contribution in [1.29, 1.82) is 0 Å². The Morgan fingerprint density at radius 3 is 1.77 bits per heavy atom. The highest BCUT2D eigenvalue weighted by Gasteiger charge is 2.11. The van der Waals surface area contributed by atoms with Crippen molar-refractivity contribution < 1.29 is 0 Å². The third kappa shape index (κ3) is 2.04. The zero-order valence-corrected chi connectivity index (χ0v) is 12.6. The van der Waals surface area contributed by atoms with Gasteiger partial charge in [0, 0.05) is 23.5 Å². The van der Waals surface area contributed by atoms with Gasteiger partial charge in [-0.15, -0.1) is 0 Å². The molecule has 1 aromatic heterocycles. The van der Waals surface area contributed by atoms with Crippen LogP contribution in [0.4, 0.5) is 5.69 Å². The van der Waals surface area contributed by atoms with Gasteiger partial charge in [-0.3, -0.25) is 0 Å². The minimum Gasteiger partial charge on any atom is -0.357 e. The van der Waals surface area contributed by atoms with Gasteiger partial charge in [0.15, 0.2) is 0 Å². The Bertz CT molecular complexity index is 869. The Balaban J connectivity index is 1.86. The van der Waals surface area contributed by atoms with Crippen molar-refractivity contribution >= 4 is 27.5 Å². The van der Waals surface area contributed by atoms with E-state index in [1.165, 1.54) is 27.5 Å². The summed E-state index contributed by atoms with van der Waals surface area (Å²) >= 11 is 0. The third-order valence-corrected chi connectivity index (χ3v) is 4.23. The van der Waals surface area contributed by atoms with Crippen LogP contribution in [0.2, 0.25) is 0 Å². The van der Waals surface area contributed by atoms with Gasteiger partial charge in [0.2, 0.25) is 0 Å². The van der Waals surface area contributed by atoms with E-state index in [0.717, 1.165) is 6.67 Å². The van der Waals surface area contributed by atoms with Crippen LogP contribution in [0.5, 0.6) is 0 Å². The smallest absolute Gasteiger partial charge is 0.0949 e. The number of nitrogens with zero attached hydrogens (tertiary/aromatic N) is 2. The third-order valence-electron chi connectivity index (χ3n) is 4.23. The summed E-state index contributed by atoms with van der Waals surface area (Å²) < 4.78 is 2.39. The van der Waals surface area contributed by atoms with E-state index in [0.29, 0.717) is 0 Å². The van der Waals surface area contributed by atoms with Crippen LogP contribution in [-0.4, -0.2) is 11.6 Å². The summed E-state index contributed by atoms with van der Waals surface area (Å²) in [5.41, 5.74) is 3.79. The number of hydrogen-bond donors (Lipinski definition) is 0. The molecular formula is C20H18N2. The van der Waals surface area contributed by atoms with E-state index in [9.17, 15) is 0 Å². The Morgan fingerprint density at radius 1 is 0.682 bits per heavy atom. The molecule has 22 heavy (non-hydrogen) atoms. The summed E-state index contributed by atoms with van der Waals surface area (Å²) in [7, 11) is 2.14. The van der Waals surface area contributed by atoms with Crippen molar-refractivity contribution in [1.82, 2.24) is 4.57 Å². The minimum atomic E-state index is 0.831. The maximum Gasteiger partial charge on any atom is 0.0949 e. The summed E-state index contributed by atoms with van der Waals surface area (Å²) in [6.45, 7) is 0.831. The zero-order valence-electron chi connectivity index (χ0n) is 12.6. The lowest BCUT2D eigenvalue weighted by atomic mass is 10.2. The second kappa shape index (κ2) is 5.23. The van der Waals surface area contributed by atoms with Gasteiger partial charge in [0.1, 0.15) is 0 Å². The highest BCUT2D eigenvalue weighted by Crippen LogP contribution is 2.29. The molecule has 0 aliphatic heterocycles. The monoisotopic (exact) mass is 286 g/mol. The molecular weight excluding hydrogens is 268 g/mol. The maximum atomic E-state index is 2.39. The van der Waals surface area contributed by atoms with E-state index >= 15 is 0 Å². The Morgan fingerprint density at radius 2 is 1.18 bits per heavy atom. The molecule has 0 saturated carbocycles. The first-order chi connectivity index (χ1) is 10.8. The van der Waals surface area contributed by atoms with Crippen LogP contribution in [0.1, 0.15) is 0 Å². The van der Waals surface area contributed by atoms with E-state index in [-0.39, 0.29) is 0 Å². The molecule has 0 spiro atoms. The fraction of sp³-hybridized carbons (Fsp3) is 0.100. The first kappa shape index (κ1) is 13.0. The molecule has 1 heterocycles. The van der Waals surface area contributed by atoms with E-state index < -0.39 is 0 Å². The first-order valence-electron chi connectivity index (χ1n) is 7.57. The van der Waals surface area contributed by atoms with Gasteiger partial charge in [-0.2, -0.15) is 0 Å². The largest absolute Gasteiger partial charge is 0.357 e. The average molecular weight is 286 g/mol.